The number of ether oxygens (including phenoxy) is 3. The predicted octanol–water partition coefficient (Wildman–Crippen LogP) is 2.75. The summed E-state index contributed by atoms with van der Waals surface area (Å²) in [6, 6.07) is 3.44. The minimum atomic E-state index is -0.935. The normalized spacial score (nSPS) is 9.60. The fourth-order valence-electron chi connectivity index (χ4n) is 1.19. The van der Waals surface area contributed by atoms with Gasteiger partial charge in [0.15, 0.2) is 11.5 Å². The number of benzene rings is 1. The summed E-state index contributed by atoms with van der Waals surface area (Å²) in [4.78, 5) is 10.7. The van der Waals surface area contributed by atoms with E-state index in [-0.39, 0.29) is 5.75 Å². The van der Waals surface area contributed by atoms with E-state index < -0.39 is 5.43 Å². The van der Waals surface area contributed by atoms with Gasteiger partial charge >= 0.3 is 5.43 Å². The van der Waals surface area contributed by atoms with Crippen molar-refractivity contribution in [1.82, 2.24) is 0 Å². The maximum Gasteiger partial charge on any atom is 0.409 e. The van der Waals surface area contributed by atoms with Gasteiger partial charge in [-0.15, -0.1) is 0 Å². The third-order valence-electron chi connectivity index (χ3n) is 1.79. The Labute approximate surface area is 92.7 Å². The van der Waals surface area contributed by atoms with Crippen LogP contribution in [0.5, 0.6) is 17.2 Å². The van der Waals surface area contributed by atoms with Crippen LogP contribution < -0.4 is 14.2 Å². The summed E-state index contributed by atoms with van der Waals surface area (Å²) in [5.74, 6) is 0.993. The molecule has 4 nitrogen and oxygen atoms in total. The monoisotopic (exact) mass is 230 g/mol. The van der Waals surface area contributed by atoms with Crippen molar-refractivity contribution in [1.29, 1.82) is 0 Å². The number of carbonyl (C=O) groups excluding carboxylic acids is 1. The first-order chi connectivity index (χ1) is 7.08. The van der Waals surface area contributed by atoms with E-state index in [1.807, 2.05) is 6.92 Å². The Balaban J connectivity index is 3.23. The number of hydrogen-bond donors (Lipinski definition) is 0. The van der Waals surface area contributed by atoms with Gasteiger partial charge in [-0.3, -0.25) is 0 Å². The van der Waals surface area contributed by atoms with Gasteiger partial charge in [0.25, 0.3) is 0 Å². The summed E-state index contributed by atoms with van der Waals surface area (Å²) in [6.07, 6.45) is 0. The largest absolute Gasteiger partial charge is 0.493 e. The molecule has 0 saturated carbocycles. The molecular formula is C10H11ClO4. The first kappa shape index (κ1) is 11.7. The Kier molecular flexibility index (Phi) is 3.80. The Morgan fingerprint density at radius 3 is 2.00 bits per heavy atom. The van der Waals surface area contributed by atoms with Gasteiger partial charge in [0.2, 0.25) is 5.75 Å². The summed E-state index contributed by atoms with van der Waals surface area (Å²) < 4.78 is 14.9. The van der Waals surface area contributed by atoms with E-state index in [2.05, 4.69) is 0 Å². The van der Waals surface area contributed by atoms with E-state index in [0.717, 1.165) is 5.56 Å². The molecule has 1 aromatic carbocycles. The van der Waals surface area contributed by atoms with Crippen LogP contribution >= 0.6 is 11.6 Å². The second-order valence-electron chi connectivity index (χ2n) is 2.84. The number of hydrogen-bond acceptors (Lipinski definition) is 4. The lowest BCUT2D eigenvalue weighted by atomic mass is 10.2. The van der Waals surface area contributed by atoms with Crippen LogP contribution in [0, 0.1) is 6.92 Å². The first-order valence-corrected chi connectivity index (χ1v) is 4.56. The number of aryl methyl sites for hydroxylation is 1. The van der Waals surface area contributed by atoms with Gasteiger partial charge in [-0.1, -0.05) is 0 Å². The van der Waals surface area contributed by atoms with Crippen LogP contribution in [0.25, 0.3) is 0 Å². The third kappa shape index (κ3) is 2.76. The van der Waals surface area contributed by atoms with Crippen molar-refractivity contribution in [2.45, 2.75) is 6.92 Å². The van der Waals surface area contributed by atoms with Crippen LogP contribution in [0.1, 0.15) is 5.56 Å². The molecule has 1 aromatic rings. The zero-order chi connectivity index (χ0) is 11.4. The highest BCUT2D eigenvalue weighted by molar-refractivity contribution is 6.61. The fraction of sp³-hybridized carbons (Fsp3) is 0.300. The van der Waals surface area contributed by atoms with Crippen LogP contribution in [-0.2, 0) is 0 Å². The second-order valence-corrected chi connectivity index (χ2v) is 3.15. The number of carbonyl (C=O) groups is 1. The lowest BCUT2D eigenvalue weighted by molar-refractivity contribution is 0.221. The van der Waals surface area contributed by atoms with E-state index in [1.165, 1.54) is 14.2 Å². The van der Waals surface area contributed by atoms with Crippen LogP contribution in [0.2, 0.25) is 0 Å². The molecule has 0 spiro atoms. The summed E-state index contributed by atoms with van der Waals surface area (Å²) in [6.45, 7) is 1.87. The predicted molar refractivity (Wildman–Crippen MR) is 56.2 cm³/mol. The molecule has 0 amide bonds. The van der Waals surface area contributed by atoms with Gasteiger partial charge in [-0.2, -0.15) is 0 Å². The molecule has 0 aliphatic carbocycles. The molecule has 0 radical (unpaired) electrons. The maximum absolute atomic E-state index is 10.7. The topological polar surface area (TPSA) is 44.8 Å². The molecule has 0 saturated heterocycles. The molecule has 0 unspecified atom stereocenters. The first-order valence-electron chi connectivity index (χ1n) is 4.18. The summed E-state index contributed by atoms with van der Waals surface area (Å²) in [5, 5.41) is 0. The van der Waals surface area contributed by atoms with Gasteiger partial charge in [0.05, 0.1) is 14.2 Å². The minimum absolute atomic E-state index is 0.186. The van der Waals surface area contributed by atoms with Gasteiger partial charge in [0.1, 0.15) is 0 Å². The molecule has 0 aliphatic rings. The van der Waals surface area contributed by atoms with Crippen LogP contribution in [0.3, 0.4) is 0 Å². The molecule has 0 aromatic heterocycles. The SMILES string of the molecule is COc1cc(C)cc(OC)c1OC(=O)Cl. The van der Waals surface area contributed by atoms with Crippen LogP contribution in [0.15, 0.2) is 12.1 Å². The zero-order valence-electron chi connectivity index (χ0n) is 8.67. The Morgan fingerprint density at radius 2 is 1.67 bits per heavy atom. The van der Waals surface area contributed by atoms with E-state index >= 15 is 0 Å². The molecule has 5 heteroatoms. The average molecular weight is 231 g/mol. The van der Waals surface area contributed by atoms with Crippen molar-refractivity contribution in [3.63, 3.8) is 0 Å². The second kappa shape index (κ2) is 4.89. The van der Waals surface area contributed by atoms with Crippen LogP contribution in [0.4, 0.5) is 4.79 Å². The zero-order valence-corrected chi connectivity index (χ0v) is 9.42. The summed E-state index contributed by atoms with van der Waals surface area (Å²) >= 11 is 5.14. The van der Waals surface area contributed by atoms with E-state index in [0.29, 0.717) is 11.5 Å². The van der Waals surface area contributed by atoms with Crippen LogP contribution in [-0.4, -0.2) is 19.6 Å². The molecule has 0 aliphatic heterocycles. The summed E-state index contributed by atoms with van der Waals surface area (Å²) in [5.41, 5.74) is -0.00600. The Bertz CT molecular complexity index is 351. The molecule has 82 valence electrons. The number of methoxy groups -OCH3 is 2. The fourth-order valence-corrected chi connectivity index (χ4v) is 1.27. The molecular weight excluding hydrogens is 220 g/mol. The lowest BCUT2D eigenvalue weighted by Crippen LogP contribution is -2.01. The van der Waals surface area contributed by atoms with E-state index in [9.17, 15) is 4.79 Å². The molecule has 1 rings (SSSR count). The maximum atomic E-state index is 10.7. The highest BCUT2D eigenvalue weighted by Gasteiger charge is 2.15. The van der Waals surface area contributed by atoms with Gasteiger partial charge in [-0.25, -0.2) is 4.79 Å². The van der Waals surface area contributed by atoms with Crippen molar-refractivity contribution in [3.05, 3.63) is 17.7 Å². The number of rotatable bonds is 3. The Hall–Kier alpha value is -1.42. The van der Waals surface area contributed by atoms with Crippen molar-refractivity contribution in [2.75, 3.05) is 14.2 Å². The van der Waals surface area contributed by atoms with Crippen molar-refractivity contribution in [2.24, 2.45) is 0 Å². The highest BCUT2D eigenvalue weighted by atomic mass is 35.5. The standard InChI is InChI=1S/C10H11ClO4/c1-6-4-7(13-2)9(15-10(11)12)8(5-6)14-3/h4-5H,1-3H3. The summed E-state index contributed by atoms with van der Waals surface area (Å²) in [7, 11) is 2.94. The van der Waals surface area contributed by atoms with E-state index in [4.69, 9.17) is 25.8 Å². The minimum Gasteiger partial charge on any atom is -0.493 e. The van der Waals surface area contributed by atoms with Crippen molar-refractivity contribution < 1.29 is 19.0 Å². The quantitative estimate of drug-likeness (QED) is 0.749. The molecule has 0 fully saturated rings. The molecule has 15 heavy (non-hydrogen) atoms. The highest BCUT2D eigenvalue weighted by Crippen LogP contribution is 2.38. The molecule has 0 heterocycles. The van der Waals surface area contributed by atoms with Crippen molar-refractivity contribution >= 4 is 17.0 Å². The van der Waals surface area contributed by atoms with Gasteiger partial charge in [-0.05, 0) is 24.6 Å². The number of halogens is 1. The lowest BCUT2D eigenvalue weighted by Gasteiger charge is -2.12. The third-order valence-corrected chi connectivity index (χ3v) is 1.86. The van der Waals surface area contributed by atoms with E-state index in [1.54, 1.807) is 12.1 Å². The van der Waals surface area contributed by atoms with Gasteiger partial charge < -0.3 is 14.2 Å². The molecule has 0 N–H and O–H groups in total. The molecule has 0 bridgehead atoms. The molecule has 0 atom stereocenters. The van der Waals surface area contributed by atoms with Gasteiger partial charge in [0, 0.05) is 11.6 Å². The smallest absolute Gasteiger partial charge is 0.409 e. The average Bonchev–Trinajstić information content (AvgIpc) is 2.19. The Morgan fingerprint density at radius 1 is 1.20 bits per heavy atom. The van der Waals surface area contributed by atoms with Crippen molar-refractivity contribution in [3.8, 4) is 17.2 Å².